The van der Waals surface area contributed by atoms with Crippen LogP contribution < -0.4 is 16.8 Å². The number of nitrogens with one attached hydrogen (secondary N) is 1. The van der Waals surface area contributed by atoms with Crippen LogP contribution in [0.3, 0.4) is 0 Å². The molecule has 0 saturated heterocycles. The number of aliphatic imine (C=N–C) groups is 1. The molecule has 0 aliphatic carbocycles. The van der Waals surface area contributed by atoms with Gasteiger partial charge in [-0.05, 0) is 19.2 Å². The van der Waals surface area contributed by atoms with E-state index in [0.717, 1.165) is 5.69 Å². The number of nitrogens with zero attached hydrogens (tertiary/aromatic N) is 1. The lowest BCUT2D eigenvalue weighted by Crippen LogP contribution is -2.19. The van der Waals surface area contributed by atoms with Crippen LogP contribution in [0.15, 0.2) is 47.1 Å². The van der Waals surface area contributed by atoms with Crippen LogP contribution in [-0.4, -0.2) is 19.4 Å². The minimum Gasteiger partial charge on any atom is -0.401 e. The van der Waals surface area contributed by atoms with Gasteiger partial charge in [-0.25, -0.2) is 4.99 Å². The van der Waals surface area contributed by atoms with Crippen LogP contribution >= 0.6 is 0 Å². The second kappa shape index (κ2) is 5.82. The van der Waals surface area contributed by atoms with Crippen molar-refractivity contribution in [3.05, 3.63) is 42.1 Å². The maximum atomic E-state index is 5.70. The second-order valence-electron chi connectivity index (χ2n) is 3.12. The predicted molar refractivity (Wildman–Crippen MR) is 63.9 cm³/mol. The Balaban J connectivity index is 2.72. The van der Waals surface area contributed by atoms with Gasteiger partial charge in [-0.15, -0.1) is 0 Å². The predicted octanol–water partition coefficient (Wildman–Crippen LogP) is 0.737. The summed E-state index contributed by atoms with van der Waals surface area (Å²) in [5.74, 6) is 0.411. The van der Waals surface area contributed by atoms with Crippen LogP contribution in [0.1, 0.15) is 0 Å². The van der Waals surface area contributed by atoms with E-state index in [0.29, 0.717) is 18.1 Å². The van der Waals surface area contributed by atoms with Gasteiger partial charge in [0.2, 0.25) is 0 Å². The van der Waals surface area contributed by atoms with E-state index in [2.05, 4.69) is 10.3 Å². The fourth-order valence-electron chi connectivity index (χ4n) is 1.13. The standard InChI is InChI=1S/C11H16N4/c1-14-8-9(12)7-11(13)15-10-5-3-2-4-6-10/h2-7,14H,8,12H2,1H3,(H2,13,15). The molecule has 5 N–H and O–H groups in total. The molecular weight excluding hydrogens is 188 g/mol. The maximum absolute atomic E-state index is 5.70. The van der Waals surface area contributed by atoms with Crippen LogP contribution in [0.25, 0.3) is 0 Å². The Morgan fingerprint density at radius 1 is 1.33 bits per heavy atom. The number of rotatable bonds is 4. The van der Waals surface area contributed by atoms with E-state index in [-0.39, 0.29) is 0 Å². The molecule has 4 heteroatoms. The van der Waals surface area contributed by atoms with Gasteiger partial charge in [0.15, 0.2) is 0 Å². The minimum absolute atomic E-state index is 0.411. The molecule has 0 aliphatic heterocycles. The van der Waals surface area contributed by atoms with E-state index in [1.165, 1.54) is 0 Å². The molecule has 0 fully saturated rings. The van der Waals surface area contributed by atoms with Crippen molar-refractivity contribution in [3.8, 4) is 0 Å². The first kappa shape index (κ1) is 11.3. The van der Waals surface area contributed by atoms with Crippen molar-refractivity contribution >= 4 is 11.5 Å². The van der Waals surface area contributed by atoms with E-state index in [4.69, 9.17) is 11.5 Å². The minimum atomic E-state index is 0.411. The fourth-order valence-corrected chi connectivity index (χ4v) is 1.13. The normalized spacial score (nSPS) is 12.9. The van der Waals surface area contributed by atoms with Crippen molar-refractivity contribution in [2.75, 3.05) is 13.6 Å². The number of amidine groups is 1. The highest BCUT2D eigenvalue weighted by Crippen LogP contribution is 2.09. The Kier molecular flexibility index (Phi) is 4.37. The van der Waals surface area contributed by atoms with Crippen LogP contribution in [0.4, 0.5) is 5.69 Å². The van der Waals surface area contributed by atoms with Crippen molar-refractivity contribution in [1.29, 1.82) is 0 Å². The zero-order valence-electron chi connectivity index (χ0n) is 8.77. The van der Waals surface area contributed by atoms with Gasteiger partial charge in [0.05, 0.1) is 5.69 Å². The van der Waals surface area contributed by atoms with Gasteiger partial charge in [0.25, 0.3) is 0 Å². The topological polar surface area (TPSA) is 76.4 Å². The quantitative estimate of drug-likeness (QED) is 0.500. The van der Waals surface area contributed by atoms with Crippen LogP contribution in [0.5, 0.6) is 0 Å². The summed E-state index contributed by atoms with van der Waals surface area (Å²) in [6, 6.07) is 9.52. The summed E-state index contributed by atoms with van der Waals surface area (Å²) < 4.78 is 0. The molecule has 0 bridgehead atoms. The fraction of sp³-hybridized carbons (Fsp3) is 0.182. The zero-order valence-corrected chi connectivity index (χ0v) is 8.77. The first-order valence-corrected chi connectivity index (χ1v) is 4.72. The lowest BCUT2D eigenvalue weighted by atomic mass is 10.3. The monoisotopic (exact) mass is 204 g/mol. The van der Waals surface area contributed by atoms with E-state index in [1.54, 1.807) is 6.08 Å². The molecule has 1 aromatic carbocycles. The molecule has 0 radical (unpaired) electrons. The average Bonchev–Trinajstić information content (AvgIpc) is 2.19. The maximum Gasteiger partial charge on any atom is 0.125 e. The third kappa shape index (κ3) is 4.28. The van der Waals surface area contributed by atoms with Gasteiger partial charge in [-0.3, -0.25) is 0 Å². The third-order valence-electron chi connectivity index (χ3n) is 1.73. The number of likely N-dealkylation sites (N-methyl/N-ethyl adjacent to an activating group) is 1. The number of nitrogens with two attached hydrogens (primary N) is 2. The van der Waals surface area contributed by atoms with Gasteiger partial charge < -0.3 is 16.8 Å². The van der Waals surface area contributed by atoms with Crippen LogP contribution in [0.2, 0.25) is 0 Å². The number of benzene rings is 1. The van der Waals surface area contributed by atoms with Crippen LogP contribution in [0, 0.1) is 0 Å². The highest BCUT2D eigenvalue weighted by atomic mass is 14.9. The molecular formula is C11H16N4. The van der Waals surface area contributed by atoms with E-state index < -0.39 is 0 Å². The molecule has 4 nitrogen and oxygen atoms in total. The van der Waals surface area contributed by atoms with Gasteiger partial charge in [-0.1, -0.05) is 18.2 Å². The molecule has 1 rings (SSSR count). The molecule has 15 heavy (non-hydrogen) atoms. The molecule has 0 aliphatic rings. The van der Waals surface area contributed by atoms with E-state index in [1.807, 2.05) is 37.4 Å². The Bertz CT molecular complexity index is 354. The highest BCUT2D eigenvalue weighted by molar-refractivity contribution is 5.93. The molecule has 0 saturated carbocycles. The Hall–Kier alpha value is -1.81. The number of para-hydroxylation sites is 1. The number of hydrogen-bond donors (Lipinski definition) is 3. The summed E-state index contributed by atoms with van der Waals surface area (Å²) in [4.78, 5) is 4.19. The highest BCUT2D eigenvalue weighted by Gasteiger charge is 1.92. The smallest absolute Gasteiger partial charge is 0.125 e. The summed E-state index contributed by atoms with van der Waals surface area (Å²) in [5, 5.41) is 2.93. The molecule has 0 aromatic heterocycles. The Labute approximate surface area is 89.7 Å². The summed E-state index contributed by atoms with van der Waals surface area (Å²) >= 11 is 0. The summed E-state index contributed by atoms with van der Waals surface area (Å²) in [6.45, 7) is 0.602. The lowest BCUT2D eigenvalue weighted by molar-refractivity contribution is 0.871. The van der Waals surface area contributed by atoms with Gasteiger partial charge in [0.1, 0.15) is 5.84 Å². The molecule has 1 aromatic rings. The molecule has 0 amide bonds. The molecule has 0 spiro atoms. The van der Waals surface area contributed by atoms with Gasteiger partial charge >= 0.3 is 0 Å². The molecule has 80 valence electrons. The average molecular weight is 204 g/mol. The zero-order chi connectivity index (χ0) is 11.1. The van der Waals surface area contributed by atoms with E-state index in [9.17, 15) is 0 Å². The van der Waals surface area contributed by atoms with Crippen molar-refractivity contribution in [2.45, 2.75) is 0 Å². The first-order valence-electron chi connectivity index (χ1n) is 4.72. The van der Waals surface area contributed by atoms with Crippen LogP contribution in [-0.2, 0) is 0 Å². The Morgan fingerprint density at radius 2 is 2.00 bits per heavy atom. The largest absolute Gasteiger partial charge is 0.401 e. The summed E-state index contributed by atoms with van der Waals surface area (Å²) in [6.07, 6.45) is 1.66. The van der Waals surface area contributed by atoms with Gasteiger partial charge in [-0.2, -0.15) is 0 Å². The van der Waals surface area contributed by atoms with Crippen molar-refractivity contribution in [3.63, 3.8) is 0 Å². The lowest BCUT2D eigenvalue weighted by Gasteiger charge is -1.99. The van der Waals surface area contributed by atoms with Gasteiger partial charge in [0, 0.05) is 18.3 Å². The molecule has 0 heterocycles. The first-order chi connectivity index (χ1) is 7.22. The number of hydrogen-bond acceptors (Lipinski definition) is 3. The Morgan fingerprint density at radius 3 is 2.60 bits per heavy atom. The van der Waals surface area contributed by atoms with Crippen molar-refractivity contribution < 1.29 is 0 Å². The molecule has 0 unspecified atom stereocenters. The van der Waals surface area contributed by atoms with E-state index >= 15 is 0 Å². The van der Waals surface area contributed by atoms with Crippen molar-refractivity contribution in [2.24, 2.45) is 16.5 Å². The van der Waals surface area contributed by atoms with Crippen molar-refractivity contribution in [1.82, 2.24) is 5.32 Å². The summed E-state index contributed by atoms with van der Waals surface area (Å²) in [5.41, 5.74) is 12.9. The summed E-state index contributed by atoms with van der Waals surface area (Å²) in [7, 11) is 1.82. The second-order valence-corrected chi connectivity index (χ2v) is 3.12. The molecule has 0 atom stereocenters. The SMILES string of the molecule is CNCC(N)=CC(N)=Nc1ccccc1. The third-order valence-corrected chi connectivity index (χ3v) is 1.73.